The van der Waals surface area contributed by atoms with Gasteiger partial charge in [-0.3, -0.25) is 14.4 Å². The summed E-state index contributed by atoms with van der Waals surface area (Å²) in [5, 5.41) is 13.3. The molecule has 12 heteroatoms. The molecular formula is C36H37N5O7. The van der Waals surface area contributed by atoms with Crippen molar-refractivity contribution in [3.63, 3.8) is 0 Å². The lowest BCUT2D eigenvalue weighted by Gasteiger charge is -2.19. The third-order valence-corrected chi connectivity index (χ3v) is 7.42. The van der Waals surface area contributed by atoms with Crippen LogP contribution in [0.2, 0.25) is 0 Å². The van der Waals surface area contributed by atoms with Crippen molar-refractivity contribution in [2.75, 3.05) is 13.1 Å². The fraction of sp³-hybridized carbons (Fsp3) is 0.250. The van der Waals surface area contributed by atoms with Gasteiger partial charge in [0.25, 0.3) is 17.7 Å². The van der Waals surface area contributed by atoms with E-state index in [2.05, 4.69) is 20.9 Å². The molecule has 3 aromatic carbocycles. The molecule has 0 unspecified atom stereocenters. The molecule has 0 fully saturated rings. The van der Waals surface area contributed by atoms with Crippen LogP contribution in [0.3, 0.4) is 0 Å². The van der Waals surface area contributed by atoms with E-state index in [1.807, 2.05) is 80.6 Å². The van der Waals surface area contributed by atoms with Gasteiger partial charge in [0, 0.05) is 19.2 Å². The molecule has 48 heavy (non-hydrogen) atoms. The summed E-state index contributed by atoms with van der Waals surface area (Å²) < 4.78 is 24.0. The Labute approximate surface area is 277 Å². The quantitative estimate of drug-likeness (QED) is 0.133. The van der Waals surface area contributed by atoms with Crippen molar-refractivity contribution in [1.82, 2.24) is 20.9 Å². The number of nitrogens with two attached hydrogens (primary N) is 1. The first-order chi connectivity index (χ1) is 23.2. The van der Waals surface area contributed by atoms with Crippen molar-refractivity contribution < 1.29 is 32.9 Å². The van der Waals surface area contributed by atoms with Crippen LogP contribution in [0.25, 0.3) is 22.5 Å². The molecule has 4 N–H and O–H groups in total. The second-order valence-corrected chi connectivity index (χ2v) is 11.1. The summed E-state index contributed by atoms with van der Waals surface area (Å²) in [5.41, 5.74) is 8.17. The molecule has 5 aromatic rings. The molecule has 0 aliphatic heterocycles. The maximum Gasteiger partial charge on any atom is 0.288 e. The van der Waals surface area contributed by atoms with Crippen molar-refractivity contribution in [3.8, 4) is 33.9 Å². The van der Waals surface area contributed by atoms with Gasteiger partial charge in [0.15, 0.2) is 17.1 Å². The van der Waals surface area contributed by atoms with Gasteiger partial charge in [0.2, 0.25) is 5.76 Å². The second-order valence-electron chi connectivity index (χ2n) is 11.1. The molecule has 0 spiro atoms. The predicted octanol–water partition coefficient (Wildman–Crippen LogP) is 5.88. The van der Waals surface area contributed by atoms with E-state index in [0.717, 1.165) is 16.7 Å². The Morgan fingerprint density at radius 2 is 1.27 bits per heavy atom. The Hall–Kier alpha value is -5.91. The van der Waals surface area contributed by atoms with Crippen molar-refractivity contribution in [3.05, 3.63) is 107 Å². The van der Waals surface area contributed by atoms with Crippen LogP contribution in [-0.4, -0.2) is 41.1 Å². The third-order valence-electron chi connectivity index (χ3n) is 7.42. The van der Waals surface area contributed by atoms with Crippen LogP contribution in [0.4, 0.5) is 0 Å². The van der Waals surface area contributed by atoms with Gasteiger partial charge in [-0.15, -0.1) is 0 Å². The predicted molar refractivity (Wildman–Crippen MR) is 178 cm³/mol. The van der Waals surface area contributed by atoms with E-state index in [0.29, 0.717) is 23.7 Å². The number of amides is 3. The summed E-state index contributed by atoms with van der Waals surface area (Å²) in [6, 6.07) is 22.9. The molecule has 0 aliphatic carbocycles. The van der Waals surface area contributed by atoms with Crippen LogP contribution in [-0.2, 0) is 13.2 Å². The first-order valence-corrected chi connectivity index (χ1v) is 15.6. The van der Waals surface area contributed by atoms with Gasteiger partial charge in [0.1, 0.15) is 24.7 Å². The van der Waals surface area contributed by atoms with Crippen molar-refractivity contribution >= 4 is 17.7 Å². The summed E-state index contributed by atoms with van der Waals surface area (Å²) in [5.74, 6) is -1.79. The molecule has 0 bridgehead atoms. The fourth-order valence-corrected chi connectivity index (χ4v) is 5.12. The molecule has 2 aromatic heterocycles. The van der Waals surface area contributed by atoms with E-state index >= 15 is 0 Å². The van der Waals surface area contributed by atoms with Gasteiger partial charge >= 0.3 is 0 Å². The van der Waals surface area contributed by atoms with E-state index in [1.54, 1.807) is 19.9 Å². The minimum atomic E-state index is -1.00. The number of ether oxygens (including phenoxy) is 2. The molecule has 5 rings (SSSR count). The first-order valence-electron chi connectivity index (χ1n) is 15.6. The third kappa shape index (κ3) is 7.22. The Kier molecular flexibility index (Phi) is 10.5. The van der Waals surface area contributed by atoms with E-state index in [4.69, 9.17) is 24.3 Å². The lowest BCUT2D eigenvalue weighted by atomic mass is 9.93. The Bertz CT molecular complexity index is 1900. The number of carbonyl (C=O) groups is 3. The zero-order valence-electron chi connectivity index (χ0n) is 27.2. The maximum atomic E-state index is 13.4. The van der Waals surface area contributed by atoms with Crippen LogP contribution >= 0.6 is 0 Å². The van der Waals surface area contributed by atoms with Gasteiger partial charge in [-0.2, -0.15) is 0 Å². The molecule has 12 nitrogen and oxygen atoms in total. The van der Waals surface area contributed by atoms with Crippen molar-refractivity contribution in [2.45, 2.75) is 46.8 Å². The smallest absolute Gasteiger partial charge is 0.288 e. The number of nitrogens with zero attached hydrogens (tertiary/aromatic N) is 2. The van der Waals surface area contributed by atoms with Gasteiger partial charge in [0.05, 0.1) is 16.7 Å². The Morgan fingerprint density at radius 1 is 0.750 bits per heavy atom. The summed E-state index contributed by atoms with van der Waals surface area (Å²) in [6.45, 7) is 8.52. The van der Waals surface area contributed by atoms with Crippen LogP contribution in [0.1, 0.15) is 81.8 Å². The highest BCUT2D eigenvalue weighted by atomic mass is 16.5. The van der Waals surface area contributed by atoms with E-state index in [9.17, 15) is 14.4 Å². The SMILES string of the molecule is CCNC(=O)c1noc(C(N)=O)c1-c1c(C(=O)NCC)noc1-c1cc(C(C)C)c(OCc2ccccc2)cc1OCc1ccccc1. The summed E-state index contributed by atoms with van der Waals surface area (Å²) in [7, 11) is 0. The van der Waals surface area contributed by atoms with Crippen LogP contribution in [0, 0.1) is 0 Å². The number of hydrogen-bond acceptors (Lipinski definition) is 9. The summed E-state index contributed by atoms with van der Waals surface area (Å²) >= 11 is 0. The standard InChI is InChI=1S/C36H37N5O7/c1-5-38-35(43)30-28(29-31(36(44)39-6-2)41-48-33(29)34(37)42)32(47-40-30)25-17-24(21(3)4)26(45-19-22-13-9-7-10-14-22)18-27(25)46-20-23-15-11-8-12-16-23/h7-18,21H,5-6,19-20H2,1-4H3,(H2,37,42)(H,38,43)(H,39,44). The highest BCUT2D eigenvalue weighted by Crippen LogP contribution is 2.46. The monoisotopic (exact) mass is 651 g/mol. The van der Waals surface area contributed by atoms with Gasteiger partial charge < -0.3 is 34.9 Å². The molecule has 248 valence electrons. The van der Waals surface area contributed by atoms with Crippen molar-refractivity contribution in [2.24, 2.45) is 5.73 Å². The molecule has 2 heterocycles. The highest BCUT2D eigenvalue weighted by Gasteiger charge is 2.36. The average Bonchev–Trinajstić information content (AvgIpc) is 3.72. The lowest BCUT2D eigenvalue weighted by Crippen LogP contribution is -2.25. The van der Waals surface area contributed by atoms with E-state index < -0.39 is 23.5 Å². The molecule has 0 atom stereocenters. The van der Waals surface area contributed by atoms with Crippen LogP contribution in [0.5, 0.6) is 11.5 Å². The van der Waals surface area contributed by atoms with E-state index in [1.165, 1.54) is 0 Å². The topological polar surface area (TPSA) is 172 Å². The molecule has 0 radical (unpaired) electrons. The zero-order chi connectivity index (χ0) is 34.2. The molecule has 0 saturated heterocycles. The number of nitrogens with one attached hydrogen (secondary N) is 2. The average molecular weight is 652 g/mol. The Balaban J connectivity index is 1.75. The number of aromatic nitrogens is 2. The van der Waals surface area contributed by atoms with Crippen molar-refractivity contribution in [1.29, 1.82) is 0 Å². The molecule has 0 saturated carbocycles. The molecular weight excluding hydrogens is 614 g/mol. The van der Waals surface area contributed by atoms with Crippen LogP contribution < -0.4 is 25.8 Å². The zero-order valence-corrected chi connectivity index (χ0v) is 27.2. The number of carbonyl (C=O) groups excluding carboxylic acids is 3. The minimum Gasteiger partial charge on any atom is -0.488 e. The maximum absolute atomic E-state index is 13.4. The number of primary amides is 1. The molecule has 0 aliphatic rings. The highest BCUT2D eigenvalue weighted by molar-refractivity contribution is 6.12. The Morgan fingerprint density at radius 3 is 1.79 bits per heavy atom. The molecule has 3 amide bonds. The number of hydrogen-bond donors (Lipinski definition) is 3. The first kappa shape index (κ1) is 33.5. The normalized spacial score (nSPS) is 10.9. The van der Waals surface area contributed by atoms with Gasteiger partial charge in [-0.1, -0.05) is 84.8 Å². The largest absolute Gasteiger partial charge is 0.488 e. The van der Waals surface area contributed by atoms with Gasteiger partial charge in [-0.25, -0.2) is 0 Å². The van der Waals surface area contributed by atoms with Crippen LogP contribution in [0.15, 0.2) is 81.8 Å². The van der Waals surface area contributed by atoms with Gasteiger partial charge in [-0.05, 0) is 42.5 Å². The number of rotatable bonds is 14. The summed E-state index contributed by atoms with van der Waals surface area (Å²) in [6.07, 6.45) is 0. The fourth-order valence-electron chi connectivity index (χ4n) is 5.12. The van der Waals surface area contributed by atoms with E-state index in [-0.39, 0.29) is 53.9 Å². The second kappa shape index (κ2) is 15.1. The number of benzene rings is 3. The summed E-state index contributed by atoms with van der Waals surface area (Å²) in [4.78, 5) is 39.2. The minimum absolute atomic E-state index is 0.00512. The lowest BCUT2D eigenvalue weighted by molar-refractivity contribution is 0.0935.